The normalized spacial score (nSPS) is 29.1. The molecular formula is C22H32ClN3O2. The predicted molar refractivity (Wildman–Crippen MR) is 113 cm³/mol. The van der Waals surface area contributed by atoms with Crippen LogP contribution in [0.15, 0.2) is 30.3 Å². The molecule has 3 saturated heterocycles. The molecule has 3 aliphatic rings. The lowest BCUT2D eigenvalue weighted by Crippen LogP contribution is -2.45. The summed E-state index contributed by atoms with van der Waals surface area (Å²) in [4.78, 5) is 27.1. The Hall–Kier alpha value is -1.59. The fourth-order valence-corrected chi connectivity index (χ4v) is 5.10. The molecule has 5 nitrogen and oxygen atoms in total. The second kappa shape index (κ2) is 9.75. The number of hydrogen-bond acceptors (Lipinski definition) is 3. The van der Waals surface area contributed by atoms with Crippen molar-refractivity contribution in [3.8, 4) is 0 Å². The Bertz CT molecular complexity index is 657. The molecule has 0 radical (unpaired) electrons. The summed E-state index contributed by atoms with van der Waals surface area (Å²) in [6.45, 7) is 2.31. The third-order valence-electron chi connectivity index (χ3n) is 6.49. The van der Waals surface area contributed by atoms with Crippen molar-refractivity contribution in [3.63, 3.8) is 0 Å². The van der Waals surface area contributed by atoms with Crippen LogP contribution < -0.4 is 10.6 Å². The first kappa shape index (κ1) is 21.1. The van der Waals surface area contributed by atoms with Crippen molar-refractivity contribution in [1.29, 1.82) is 0 Å². The molecule has 1 aromatic rings. The van der Waals surface area contributed by atoms with Crippen molar-refractivity contribution in [2.24, 2.45) is 11.8 Å². The van der Waals surface area contributed by atoms with E-state index < -0.39 is 0 Å². The van der Waals surface area contributed by atoms with Crippen LogP contribution in [-0.4, -0.2) is 48.4 Å². The average molecular weight is 406 g/mol. The Morgan fingerprint density at radius 3 is 2.46 bits per heavy atom. The van der Waals surface area contributed by atoms with Crippen molar-refractivity contribution in [3.05, 3.63) is 35.9 Å². The molecule has 0 spiro atoms. The highest BCUT2D eigenvalue weighted by Crippen LogP contribution is 2.33. The van der Waals surface area contributed by atoms with E-state index in [9.17, 15) is 9.59 Å². The number of amides is 2. The number of carbonyl (C=O) groups excluding carboxylic acids is 2. The fourth-order valence-electron chi connectivity index (χ4n) is 5.10. The van der Waals surface area contributed by atoms with Gasteiger partial charge in [-0.3, -0.25) is 9.59 Å². The zero-order chi connectivity index (χ0) is 18.6. The molecule has 3 heterocycles. The molecule has 2 bridgehead atoms. The Labute approximate surface area is 174 Å². The van der Waals surface area contributed by atoms with Crippen molar-refractivity contribution >= 4 is 24.2 Å². The second-order valence-corrected chi connectivity index (χ2v) is 8.60. The standard InChI is InChI=1S/C22H31N3O2.ClH/c26-21(13-17-11-19-8-9-20(12-17)24-19)25-10-4-5-16(15-25)14-23-22(27)18-6-2-1-3-7-18;/h1-3,6-7,16-17,19-20,24H,4-5,8-15H2,(H,23,27);1H. The third kappa shape index (κ3) is 5.26. The van der Waals surface area contributed by atoms with Crippen LogP contribution >= 0.6 is 12.4 Å². The van der Waals surface area contributed by atoms with Gasteiger partial charge in [0.2, 0.25) is 5.91 Å². The first-order valence-electron chi connectivity index (χ1n) is 10.5. The van der Waals surface area contributed by atoms with E-state index in [1.165, 1.54) is 12.8 Å². The summed E-state index contributed by atoms with van der Waals surface area (Å²) in [6, 6.07) is 10.6. The highest BCUT2D eigenvalue weighted by molar-refractivity contribution is 5.94. The zero-order valence-electron chi connectivity index (χ0n) is 16.4. The number of rotatable bonds is 5. The van der Waals surface area contributed by atoms with Gasteiger partial charge in [-0.15, -0.1) is 12.4 Å². The maximum absolute atomic E-state index is 12.8. The van der Waals surface area contributed by atoms with Gasteiger partial charge < -0.3 is 15.5 Å². The number of halogens is 1. The summed E-state index contributed by atoms with van der Waals surface area (Å²) in [7, 11) is 0. The third-order valence-corrected chi connectivity index (χ3v) is 6.49. The number of likely N-dealkylation sites (tertiary alicyclic amines) is 1. The Morgan fingerprint density at radius 1 is 1.04 bits per heavy atom. The Kier molecular flexibility index (Phi) is 7.36. The molecule has 0 aliphatic carbocycles. The molecule has 0 saturated carbocycles. The van der Waals surface area contributed by atoms with Crippen molar-refractivity contribution in [1.82, 2.24) is 15.5 Å². The van der Waals surface area contributed by atoms with E-state index in [-0.39, 0.29) is 18.3 Å². The molecule has 1 aromatic carbocycles. The highest BCUT2D eigenvalue weighted by atomic mass is 35.5. The van der Waals surface area contributed by atoms with Crippen LogP contribution in [0.25, 0.3) is 0 Å². The number of nitrogens with zero attached hydrogens (tertiary/aromatic N) is 1. The lowest BCUT2D eigenvalue weighted by Gasteiger charge is -2.35. The van der Waals surface area contributed by atoms with Gasteiger partial charge in [0.15, 0.2) is 0 Å². The van der Waals surface area contributed by atoms with E-state index in [4.69, 9.17) is 0 Å². The first-order chi connectivity index (χ1) is 13.2. The van der Waals surface area contributed by atoms with Crippen molar-refractivity contribution < 1.29 is 9.59 Å². The first-order valence-corrected chi connectivity index (χ1v) is 10.5. The highest BCUT2D eigenvalue weighted by Gasteiger charge is 2.35. The van der Waals surface area contributed by atoms with Gasteiger partial charge in [-0.05, 0) is 62.5 Å². The van der Waals surface area contributed by atoms with Crippen LogP contribution in [0.5, 0.6) is 0 Å². The maximum atomic E-state index is 12.8. The van der Waals surface area contributed by atoms with Gasteiger partial charge in [0.25, 0.3) is 5.91 Å². The molecule has 3 fully saturated rings. The molecule has 2 amide bonds. The van der Waals surface area contributed by atoms with Gasteiger partial charge in [-0.1, -0.05) is 18.2 Å². The van der Waals surface area contributed by atoms with Crippen molar-refractivity contribution in [2.45, 2.75) is 57.0 Å². The van der Waals surface area contributed by atoms with E-state index >= 15 is 0 Å². The molecule has 3 unspecified atom stereocenters. The van der Waals surface area contributed by atoms with E-state index in [1.54, 1.807) is 0 Å². The number of nitrogens with one attached hydrogen (secondary N) is 2. The predicted octanol–water partition coefficient (Wildman–Crippen LogP) is 3.00. The van der Waals surface area contributed by atoms with Crippen LogP contribution in [0.3, 0.4) is 0 Å². The summed E-state index contributed by atoms with van der Waals surface area (Å²) in [5, 5.41) is 6.70. The molecule has 6 heteroatoms. The monoisotopic (exact) mass is 405 g/mol. The lowest BCUT2D eigenvalue weighted by atomic mass is 9.88. The van der Waals surface area contributed by atoms with Gasteiger partial charge >= 0.3 is 0 Å². The molecule has 28 heavy (non-hydrogen) atoms. The van der Waals surface area contributed by atoms with Crippen molar-refractivity contribution in [2.75, 3.05) is 19.6 Å². The molecule has 3 atom stereocenters. The minimum Gasteiger partial charge on any atom is -0.352 e. The summed E-state index contributed by atoms with van der Waals surface area (Å²) in [5.74, 6) is 1.21. The SMILES string of the molecule is Cl.O=C(NCC1CCCN(C(=O)CC2CC3CCC(C2)N3)C1)c1ccccc1. The molecule has 154 valence electrons. The maximum Gasteiger partial charge on any atom is 0.251 e. The number of benzene rings is 1. The molecular weight excluding hydrogens is 374 g/mol. The van der Waals surface area contributed by atoms with Crippen LogP contribution in [0, 0.1) is 11.8 Å². The summed E-state index contributed by atoms with van der Waals surface area (Å²) >= 11 is 0. The zero-order valence-corrected chi connectivity index (χ0v) is 17.3. The quantitative estimate of drug-likeness (QED) is 0.791. The summed E-state index contributed by atoms with van der Waals surface area (Å²) in [5.41, 5.74) is 0.696. The lowest BCUT2D eigenvalue weighted by molar-refractivity contribution is -0.134. The van der Waals surface area contributed by atoms with Gasteiger partial charge in [-0.2, -0.15) is 0 Å². The number of hydrogen-bond donors (Lipinski definition) is 2. The van der Waals surface area contributed by atoms with Gasteiger partial charge in [0.05, 0.1) is 0 Å². The molecule has 0 aromatic heterocycles. The molecule has 4 rings (SSSR count). The van der Waals surface area contributed by atoms with Crippen LogP contribution in [0.2, 0.25) is 0 Å². The Balaban J connectivity index is 0.00000225. The van der Waals surface area contributed by atoms with Crippen LogP contribution in [-0.2, 0) is 4.79 Å². The topological polar surface area (TPSA) is 61.4 Å². The van der Waals surface area contributed by atoms with E-state index in [1.807, 2.05) is 35.2 Å². The van der Waals surface area contributed by atoms with Crippen LogP contribution in [0.1, 0.15) is 55.3 Å². The van der Waals surface area contributed by atoms with E-state index in [0.717, 1.165) is 38.8 Å². The summed E-state index contributed by atoms with van der Waals surface area (Å²) in [6.07, 6.45) is 7.70. The fraction of sp³-hybridized carbons (Fsp3) is 0.636. The summed E-state index contributed by atoms with van der Waals surface area (Å²) < 4.78 is 0. The Morgan fingerprint density at radius 2 is 1.75 bits per heavy atom. The minimum absolute atomic E-state index is 0. The average Bonchev–Trinajstić information content (AvgIpc) is 3.05. The van der Waals surface area contributed by atoms with Crippen LogP contribution in [0.4, 0.5) is 0 Å². The van der Waals surface area contributed by atoms with Gasteiger partial charge in [-0.25, -0.2) is 0 Å². The largest absolute Gasteiger partial charge is 0.352 e. The van der Waals surface area contributed by atoms with Gasteiger partial charge in [0.1, 0.15) is 0 Å². The number of piperidine rings is 2. The minimum atomic E-state index is -0.0239. The van der Waals surface area contributed by atoms with E-state index in [2.05, 4.69) is 10.6 Å². The molecule has 2 N–H and O–H groups in total. The molecule has 3 aliphatic heterocycles. The smallest absolute Gasteiger partial charge is 0.251 e. The number of fused-ring (bicyclic) bond motifs is 2. The second-order valence-electron chi connectivity index (χ2n) is 8.60. The van der Waals surface area contributed by atoms with Gasteiger partial charge in [0, 0.05) is 43.7 Å². The number of carbonyl (C=O) groups is 2. The van der Waals surface area contributed by atoms with E-state index in [0.29, 0.717) is 48.4 Å².